The molecule has 132 valence electrons. The van der Waals surface area contributed by atoms with Crippen LogP contribution in [0.5, 0.6) is 0 Å². The molecule has 0 saturated carbocycles. The maximum atomic E-state index is 13.1. The van der Waals surface area contributed by atoms with Crippen LogP contribution in [0.1, 0.15) is 11.1 Å². The van der Waals surface area contributed by atoms with Gasteiger partial charge in [0.25, 0.3) is 6.43 Å². The SMILES string of the molecule is Cc1ccc(S(=O)/C=C(/NC(=O)OCc2ccccc2)C(F)F)cc1. The molecule has 0 spiro atoms. The molecule has 0 heterocycles. The lowest BCUT2D eigenvalue weighted by Crippen LogP contribution is -2.27. The van der Waals surface area contributed by atoms with E-state index in [2.05, 4.69) is 0 Å². The number of hydrogen-bond donors (Lipinski definition) is 1. The zero-order chi connectivity index (χ0) is 18.2. The van der Waals surface area contributed by atoms with E-state index in [1.807, 2.05) is 18.3 Å². The predicted molar refractivity (Wildman–Crippen MR) is 91.4 cm³/mol. The van der Waals surface area contributed by atoms with Gasteiger partial charge >= 0.3 is 6.09 Å². The molecule has 0 aliphatic carbocycles. The van der Waals surface area contributed by atoms with Gasteiger partial charge in [0, 0.05) is 10.3 Å². The lowest BCUT2D eigenvalue weighted by atomic mass is 10.2. The van der Waals surface area contributed by atoms with Crippen LogP contribution in [0.15, 0.2) is 70.6 Å². The third kappa shape index (κ3) is 6.11. The second-order valence-electron chi connectivity index (χ2n) is 5.17. The minimum absolute atomic E-state index is 0.0513. The third-order valence-electron chi connectivity index (χ3n) is 3.18. The second kappa shape index (κ2) is 9.08. The fraction of sp³-hybridized carbons (Fsp3) is 0.167. The number of alkyl halides is 2. The number of amides is 1. The van der Waals surface area contributed by atoms with Gasteiger partial charge in [-0.15, -0.1) is 0 Å². The molecule has 7 heteroatoms. The number of rotatable bonds is 6. The Morgan fingerprint density at radius 2 is 1.80 bits per heavy atom. The van der Waals surface area contributed by atoms with Crippen LogP contribution in [0.4, 0.5) is 13.6 Å². The van der Waals surface area contributed by atoms with E-state index in [1.54, 1.807) is 48.5 Å². The van der Waals surface area contributed by atoms with Crippen molar-refractivity contribution in [3.8, 4) is 0 Å². The van der Waals surface area contributed by atoms with Crippen LogP contribution >= 0.6 is 0 Å². The molecular weight excluding hydrogens is 348 g/mol. The van der Waals surface area contributed by atoms with Crippen LogP contribution in [-0.2, 0) is 22.1 Å². The first kappa shape index (κ1) is 18.8. The summed E-state index contributed by atoms with van der Waals surface area (Å²) in [4.78, 5) is 12.1. The number of allylic oxidation sites excluding steroid dienone is 1. The molecule has 0 aliphatic rings. The summed E-state index contributed by atoms with van der Waals surface area (Å²) in [5.74, 6) is 0. The highest BCUT2D eigenvalue weighted by atomic mass is 32.2. The molecule has 0 radical (unpaired) electrons. The third-order valence-corrected chi connectivity index (χ3v) is 4.39. The van der Waals surface area contributed by atoms with E-state index in [0.717, 1.165) is 16.5 Å². The summed E-state index contributed by atoms with van der Waals surface area (Å²) in [6.45, 7) is 1.81. The molecule has 0 bridgehead atoms. The number of ether oxygens (including phenoxy) is 1. The lowest BCUT2D eigenvalue weighted by Gasteiger charge is -2.10. The first-order chi connectivity index (χ1) is 12.0. The van der Waals surface area contributed by atoms with Gasteiger partial charge in [0.05, 0.1) is 16.5 Å². The van der Waals surface area contributed by atoms with Gasteiger partial charge < -0.3 is 4.74 Å². The summed E-state index contributed by atoms with van der Waals surface area (Å²) in [6.07, 6.45) is -4.02. The van der Waals surface area contributed by atoms with E-state index in [4.69, 9.17) is 4.74 Å². The standard InChI is InChI=1S/C18H17F2NO3S/c1-13-7-9-15(10-8-13)25(23)12-16(17(19)20)21-18(22)24-11-14-5-3-2-4-6-14/h2-10,12,17H,11H2,1H3,(H,21,22)/b16-12+. The molecule has 25 heavy (non-hydrogen) atoms. The number of halogens is 2. The quantitative estimate of drug-likeness (QED) is 0.837. The molecule has 1 atom stereocenters. The summed E-state index contributed by atoms with van der Waals surface area (Å²) in [5, 5.41) is 2.77. The molecule has 0 fully saturated rings. The molecule has 0 aliphatic heterocycles. The molecule has 1 amide bonds. The van der Waals surface area contributed by atoms with Gasteiger partial charge in [0.1, 0.15) is 6.61 Å². The lowest BCUT2D eigenvalue weighted by molar-refractivity contribution is 0.132. The van der Waals surface area contributed by atoms with Crippen LogP contribution in [0.2, 0.25) is 0 Å². The van der Waals surface area contributed by atoms with Gasteiger partial charge in [0.2, 0.25) is 0 Å². The van der Waals surface area contributed by atoms with E-state index >= 15 is 0 Å². The summed E-state index contributed by atoms with van der Waals surface area (Å²) in [6, 6.07) is 15.4. The van der Waals surface area contributed by atoms with E-state index < -0.39 is 29.0 Å². The highest BCUT2D eigenvalue weighted by Crippen LogP contribution is 2.14. The van der Waals surface area contributed by atoms with Crippen molar-refractivity contribution >= 4 is 16.9 Å². The van der Waals surface area contributed by atoms with E-state index in [9.17, 15) is 17.8 Å². The van der Waals surface area contributed by atoms with Gasteiger partial charge in [-0.25, -0.2) is 17.8 Å². The van der Waals surface area contributed by atoms with Crippen LogP contribution in [0.3, 0.4) is 0 Å². The first-order valence-corrected chi connectivity index (χ1v) is 8.62. The van der Waals surface area contributed by atoms with Gasteiger partial charge in [-0.3, -0.25) is 5.32 Å². The summed E-state index contributed by atoms with van der Waals surface area (Å²) >= 11 is 0. The van der Waals surface area contributed by atoms with Crippen LogP contribution in [-0.4, -0.2) is 16.7 Å². The van der Waals surface area contributed by atoms with Gasteiger partial charge in [-0.05, 0) is 24.6 Å². The number of carbonyl (C=O) groups is 1. The van der Waals surface area contributed by atoms with Crippen molar-refractivity contribution in [3.05, 3.63) is 76.8 Å². The van der Waals surface area contributed by atoms with Crippen molar-refractivity contribution in [2.24, 2.45) is 0 Å². The van der Waals surface area contributed by atoms with Crippen molar-refractivity contribution in [1.29, 1.82) is 0 Å². The van der Waals surface area contributed by atoms with Crippen molar-refractivity contribution in [2.75, 3.05) is 0 Å². The molecule has 2 aromatic carbocycles. The normalized spacial score (nSPS) is 12.7. The Hall–Kier alpha value is -2.54. The molecular formula is C18H17F2NO3S. The maximum Gasteiger partial charge on any atom is 0.411 e. The Labute approximate surface area is 147 Å². The van der Waals surface area contributed by atoms with E-state index in [0.29, 0.717) is 4.90 Å². The zero-order valence-corrected chi connectivity index (χ0v) is 14.3. The monoisotopic (exact) mass is 365 g/mol. The first-order valence-electron chi connectivity index (χ1n) is 7.40. The molecule has 2 aromatic rings. The highest BCUT2D eigenvalue weighted by molar-refractivity contribution is 7.88. The fourth-order valence-corrected chi connectivity index (χ4v) is 2.80. The number of nitrogens with one attached hydrogen (secondary N) is 1. The van der Waals surface area contributed by atoms with Crippen LogP contribution < -0.4 is 5.32 Å². The number of alkyl carbamates (subject to hydrolysis) is 1. The average Bonchev–Trinajstić information content (AvgIpc) is 2.60. The molecule has 2 rings (SSSR count). The fourth-order valence-electron chi connectivity index (χ4n) is 1.87. The minimum atomic E-state index is -2.99. The Morgan fingerprint density at radius 1 is 1.16 bits per heavy atom. The smallest absolute Gasteiger partial charge is 0.411 e. The average molecular weight is 365 g/mol. The van der Waals surface area contributed by atoms with Gasteiger partial charge in [0.15, 0.2) is 0 Å². The summed E-state index contributed by atoms with van der Waals surface area (Å²) in [7, 11) is -1.81. The second-order valence-corrected chi connectivity index (χ2v) is 6.47. The van der Waals surface area contributed by atoms with Crippen LogP contribution in [0.25, 0.3) is 0 Å². The topological polar surface area (TPSA) is 55.4 Å². The largest absolute Gasteiger partial charge is 0.444 e. The van der Waals surface area contributed by atoms with E-state index in [-0.39, 0.29) is 6.61 Å². The van der Waals surface area contributed by atoms with Crippen LogP contribution in [0, 0.1) is 6.92 Å². The van der Waals surface area contributed by atoms with Gasteiger partial charge in [-0.2, -0.15) is 0 Å². The Balaban J connectivity index is 2.00. The van der Waals surface area contributed by atoms with Gasteiger partial charge in [-0.1, -0.05) is 48.0 Å². The number of benzene rings is 2. The number of aryl methyl sites for hydroxylation is 1. The molecule has 0 saturated heterocycles. The molecule has 4 nitrogen and oxygen atoms in total. The number of hydrogen-bond acceptors (Lipinski definition) is 3. The molecule has 0 aromatic heterocycles. The van der Waals surface area contributed by atoms with Crippen molar-refractivity contribution in [2.45, 2.75) is 24.9 Å². The Kier molecular flexibility index (Phi) is 6.82. The highest BCUT2D eigenvalue weighted by Gasteiger charge is 2.17. The summed E-state index contributed by atoms with van der Waals surface area (Å²) in [5.41, 5.74) is 0.932. The number of carbonyl (C=O) groups excluding carboxylic acids is 1. The van der Waals surface area contributed by atoms with Crippen molar-refractivity contribution in [1.82, 2.24) is 5.32 Å². The molecule has 1 unspecified atom stereocenters. The van der Waals surface area contributed by atoms with E-state index in [1.165, 1.54) is 0 Å². The Bertz CT molecular complexity index is 762. The Morgan fingerprint density at radius 3 is 2.40 bits per heavy atom. The maximum absolute atomic E-state index is 13.1. The summed E-state index contributed by atoms with van der Waals surface area (Å²) < 4.78 is 43.2. The molecule has 1 N–H and O–H groups in total. The van der Waals surface area contributed by atoms with Crippen molar-refractivity contribution in [3.63, 3.8) is 0 Å². The van der Waals surface area contributed by atoms with Crippen molar-refractivity contribution < 1.29 is 22.5 Å². The zero-order valence-electron chi connectivity index (χ0n) is 13.4. The predicted octanol–water partition coefficient (Wildman–Crippen LogP) is 4.14. The minimum Gasteiger partial charge on any atom is -0.444 e.